The van der Waals surface area contributed by atoms with Crippen molar-refractivity contribution in [2.24, 2.45) is 0 Å². The predicted molar refractivity (Wildman–Crippen MR) is 69.6 cm³/mol. The number of rotatable bonds is 3. The maximum atomic E-state index is 11.8. The van der Waals surface area contributed by atoms with E-state index in [-0.39, 0.29) is 12.3 Å². The summed E-state index contributed by atoms with van der Waals surface area (Å²) in [5, 5.41) is 7.20. The van der Waals surface area contributed by atoms with E-state index in [0.29, 0.717) is 5.69 Å². The largest absolute Gasteiger partial charge is 0.326 e. The van der Waals surface area contributed by atoms with Crippen molar-refractivity contribution >= 4 is 23.5 Å². The van der Waals surface area contributed by atoms with E-state index in [2.05, 4.69) is 16.0 Å². The molecule has 6 nitrogen and oxygen atoms in total. The lowest BCUT2D eigenvalue weighted by molar-refractivity contribution is -0.124. The number of imide groups is 1. The highest BCUT2D eigenvalue weighted by Gasteiger charge is 2.31. The Labute approximate surface area is 110 Å². The Balaban J connectivity index is 1.98. The summed E-state index contributed by atoms with van der Waals surface area (Å²) in [6.07, 6.45) is -0.0785. The van der Waals surface area contributed by atoms with Crippen LogP contribution >= 0.6 is 0 Å². The summed E-state index contributed by atoms with van der Waals surface area (Å²) in [6.45, 7) is 3.86. The number of urea groups is 1. The van der Waals surface area contributed by atoms with Crippen LogP contribution in [0.5, 0.6) is 0 Å². The van der Waals surface area contributed by atoms with Crippen LogP contribution in [0.15, 0.2) is 18.2 Å². The highest BCUT2D eigenvalue weighted by molar-refractivity contribution is 6.06. The highest BCUT2D eigenvalue weighted by Crippen LogP contribution is 2.16. The SMILES string of the molecule is Cc1ccc(NC(=O)CC2NC(=O)NC2=O)c(C)c1. The molecule has 1 aromatic rings. The molecule has 4 amide bonds. The highest BCUT2D eigenvalue weighted by atomic mass is 16.2. The third-order valence-electron chi connectivity index (χ3n) is 2.90. The van der Waals surface area contributed by atoms with E-state index in [0.717, 1.165) is 11.1 Å². The molecular weight excluding hydrogens is 246 g/mol. The van der Waals surface area contributed by atoms with Gasteiger partial charge in [0.25, 0.3) is 5.91 Å². The molecule has 1 fully saturated rings. The van der Waals surface area contributed by atoms with Gasteiger partial charge in [-0.25, -0.2) is 4.79 Å². The van der Waals surface area contributed by atoms with E-state index in [1.165, 1.54) is 0 Å². The van der Waals surface area contributed by atoms with E-state index in [9.17, 15) is 14.4 Å². The quantitative estimate of drug-likeness (QED) is 0.705. The molecule has 100 valence electrons. The van der Waals surface area contributed by atoms with Gasteiger partial charge in [0.1, 0.15) is 6.04 Å². The molecule has 0 radical (unpaired) electrons. The van der Waals surface area contributed by atoms with Crippen molar-refractivity contribution in [2.75, 3.05) is 5.32 Å². The summed E-state index contributed by atoms with van der Waals surface area (Å²) in [6, 6.07) is 4.31. The van der Waals surface area contributed by atoms with Crippen LogP contribution in [0.1, 0.15) is 17.5 Å². The summed E-state index contributed by atoms with van der Waals surface area (Å²) < 4.78 is 0. The summed E-state index contributed by atoms with van der Waals surface area (Å²) in [5.74, 6) is -0.782. The van der Waals surface area contributed by atoms with Crippen LogP contribution in [0.4, 0.5) is 10.5 Å². The minimum absolute atomic E-state index is 0.0785. The minimum Gasteiger partial charge on any atom is -0.326 e. The normalized spacial score (nSPS) is 17.9. The van der Waals surface area contributed by atoms with Crippen LogP contribution in [0.3, 0.4) is 0 Å². The summed E-state index contributed by atoms with van der Waals surface area (Å²) in [7, 11) is 0. The fourth-order valence-electron chi connectivity index (χ4n) is 1.94. The molecule has 1 aliphatic heterocycles. The van der Waals surface area contributed by atoms with Crippen molar-refractivity contribution in [3.05, 3.63) is 29.3 Å². The molecule has 0 aliphatic carbocycles. The maximum absolute atomic E-state index is 11.8. The van der Waals surface area contributed by atoms with Gasteiger partial charge in [0, 0.05) is 5.69 Å². The van der Waals surface area contributed by atoms with Crippen molar-refractivity contribution in [3.63, 3.8) is 0 Å². The number of amides is 4. The number of hydrogen-bond acceptors (Lipinski definition) is 3. The number of nitrogens with one attached hydrogen (secondary N) is 3. The van der Waals surface area contributed by atoms with Gasteiger partial charge in [0.15, 0.2) is 0 Å². The predicted octanol–water partition coefficient (Wildman–Crippen LogP) is 0.840. The van der Waals surface area contributed by atoms with Gasteiger partial charge in [0.05, 0.1) is 6.42 Å². The molecule has 1 unspecified atom stereocenters. The van der Waals surface area contributed by atoms with Gasteiger partial charge in [-0.1, -0.05) is 17.7 Å². The first kappa shape index (κ1) is 13.1. The second-order valence-corrected chi connectivity index (χ2v) is 4.59. The second-order valence-electron chi connectivity index (χ2n) is 4.59. The Morgan fingerprint density at radius 2 is 2.05 bits per heavy atom. The second kappa shape index (κ2) is 5.09. The molecule has 1 heterocycles. The molecule has 6 heteroatoms. The maximum Gasteiger partial charge on any atom is 0.322 e. The average molecular weight is 261 g/mol. The smallest absolute Gasteiger partial charge is 0.322 e. The zero-order chi connectivity index (χ0) is 14.0. The lowest BCUT2D eigenvalue weighted by Gasteiger charge is -2.11. The molecule has 1 aliphatic rings. The Hall–Kier alpha value is -2.37. The number of carbonyl (C=O) groups is 3. The molecule has 3 N–H and O–H groups in total. The van der Waals surface area contributed by atoms with Gasteiger partial charge in [0.2, 0.25) is 5.91 Å². The zero-order valence-corrected chi connectivity index (χ0v) is 10.7. The number of aryl methyl sites for hydroxylation is 2. The number of benzene rings is 1. The number of anilines is 1. The standard InChI is InChI=1S/C13H15N3O3/c1-7-3-4-9(8(2)5-7)14-11(17)6-10-12(18)16-13(19)15-10/h3-5,10H,6H2,1-2H3,(H,14,17)(H2,15,16,18,19). The summed E-state index contributed by atoms with van der Waals surface area (Å²) >= 11 is 0. The molecular formula is C13H15N3O3. The van der Waals surface area contributed by atoms with Gasteiger partial charge in [-0.15, -0.1) is 0 Å². The van der Waals surface area contributed by atoms with Crippen LogP contribution in [0, 0.1) is 13.8 Å². The van der Waals surface area contributed by atoms with Gasteiger partial charge >= 0.3 is 6.03 Å². The Bertz CT molecular complexity index is 554. The topological polar surface area (TPSA) is 87.3 Å². The van der Waals surface area contributed by atoms with Gasteiger partial charge in [-0.3, -0.25) is 14.9 Å². The molecule has 2 rings (SSSR count). The van der Waals surface area contributed by atoms with E-state index < -0.39 is 18.0 Å². The van der Waals surface area contributed by atoms with Crippen LogP contribution in [-0.2, 0) is 9.59 Å². The van der Waals surface area contributed by atoms with Crippen LogP contribution in [0.25, 0.3) is 0 Å². The van der Waals surface area contributed by atoms with Crippen molar-refractivity contribution in [1.82, 2.24) is 10.6 Å². The molecule has 1 atom stereocenters. The van der Waals surface area contributed by atoms with Gasteiger partial charge in [-0.2, -0.15) is 0 Å². The van der Waals surface area contributed by atoms with Crippen molar-refractivity contribution < 1.29 is 14.4 Å². The zero-order valence-electron chi connectivity index (χ0n) is 10.7. The van der Waals surface area contributed by atoms with Gasteiger partial charge < -0.3 is 10.6 Å². The Kier molecular flexibility index (Phi) is 3.50. The lowest BCUT2D eigenvalue weighted by Crippen LogP contribution is -2.33. The molecule has 0 spiro atoms. The van der Waals surface area contributed by atoms with Crippen LogP contribution in [-0.4, -0.2) is 23.9 Å². The molecule has 1 saturated heterocycles. The van der Waals surface area contributed by atoms with Crippen LogP contribution < -0.4 is 16.0 Å². The van der Waals surface area contributed by atoms with Crippen LogP contribution in [0.2, 0.25) is 0 Å². The monoisotopic (exact) mass is 261 g/mol. The fraction of sp³-hybridized carbons (Fsp3) is 0.308. The third-order valence-corrected chi connectivity index (χ3v) is 2.90. The third kappa shape index (κ3) is 3.09. The van der Waals surface area contributed by atoms with E-state index >= 15 is 0 Å². The summed E-state index contributed by atoms with van der Waals surface area (Å²) in [4.78, 5) is 34.0. The van der Waals surface area contributed by atoms with E-state index in [1.807, 2.05) is 32.0 Å². The van der Waals surface area contributed by atoms with Crippen molar-refractivity contribution in [2.45, 2.75) is 26.3 Å². The number of hydrogen-bond donors (Lipinski definition) is 3. The first-order valence-corrected chi connectivity index (χ1v) is 5.94. The molecule has 19 heavy (non-hydrogen) atoms. The lowest BCUT2D eigenvalue weighted by atomic mass is 10.1. The fourth-order valence-corrected chi connectivity index (χ4v) is 1.94. The molecule has 0 aromatic heterocycles. The first-order chi connectivity index (χ1) is 8.95. The van der Waals surface area contributed by atoms with Crippen molar-refractivity contribution in [1.29, 1.82) is 0 Å². The Morgan fingerprint density at radius 3 is 2.63 bits per heavy atom. The Morgan fingerprint density at radius 1 is 1.32 bits per heavy atom. The van der Waals surface area contributed by atoms with E-state index in [1.54, 1.807) is 0 Å². The molecule has 0 bridgehead atoms. The minimum atomic E-state index is -0.793. The number of carbonyl (C=O) groups excluding carboxylic acids is 3. The van der Waals surface area contributed by atoms with E-state index in [4.69, 9.17) is 0 Å². The average Bonchev–Trinajstić information content (AvgIpc) is 2.61. The summed E-state index contributed by atoms with van der Waals surface area (Å²) in [5.41, 5.74) is 2.77. The van der Waals surface area contributed by atoms with Crippen molar-refractivity contribution in [3.8, 4) is 0 Å². The first-order valence-electron chi connectivity index (χ1n) is 5.94. The van der Waals surface area contributed by atoms with Gasteiger partial charge in [-0.05, 0) is 25.5 Å². The molecule has 0 saturated carbocycles. The molecule has 1 aromatic carbocycles.